The molecule has 0 bridgehead atoms. The third-order valence-corrected chi connectivity index (χ3v) is 7.00. The van der Waals surface area contributed by atoms with Gasteiger partial charge in [-0.1, -0.05) is 57.7 Å². The van der Waals surface area contributed by atoms with E-state index in [1.54, 1.807) is 12.3 Å². The van der Waals surface area contributed by atoms with E-state index in [0.717, 1.165) is 49.7 Å². The number of hydrogen-bond donors (Lipinski definition) is 2. The van der Waals surface area contributed by atoms with Crippen molar-refractivity contribution in [2.24, 2.45) is 0 Å². The van der Waals surface area contributed by atoms with E-state index < -0.39 is 0 Å². The lowest BCUT2D eigenvalue weighted by molar-refractivity contribution is 0.393. The van der Waals surface area contributed by atoms with Gasteiger partial charge < -0.3 is 20.1 Å². The average Bonchev–Trinajstić information content (AvgIpc) is 3.46. The molecule has 196 valence electrons. The number of nitrogens with zero attached hydrogens (tertiary/aromatic N) is 3. The molecule has 0 amide bonds. The van der Waals surface area contributed by atoms with Crippen LogP contribution in [-0.2, 0) is 6.54 Å². The van der Waals surface area contributed by atoms with E-state index in [4.69, 9.17) is 11.6 Å². The highest BCUT2D eigenvalue weighted by atomic mass is 35.5. The fourth-order valence-corrected chi connectivity index (χ4v) is 4.90. The molecule has 0 saturated carbocycles. The summed E-state index contributed by atoms with van der Waals surface area (Å²) in [5.74, 6) is 0.797. The number of benzene rings is 1. The molecule has 2 aromatic heterocycles. The van der Waals surface area contributed by atoms with Crippen molar-refractivity contribution in [2.75, 3.05) is 32.1 Å². The lowest BCUT2D eigenvalue weighted by Crippen LogP contribution is -2.18. The van der Waals surface area contributed by atoms with E-state index >= 15 is 0 Å². The number of hydrogen-bond acceptors (Lipinski definition) is 5. The van der Waals surface area contributed by atoms with Gasteiger partial charge in [-0.25, -0.2) is 0 Å². The monoisotopic (exact) mass is 527 g/mol. The van der Waals surface area contributed by atoms with Crippen LogP contribution >= 0.6 is 22.9 Å². The zero-order chi connectivity index (χ0) is 26.3. The van der Waals surface area contributed by atoms with Crippen LogP contribution in [0.5, 0.6) is 0 Å². The first-order valence-corrected chi connectivity index (χ1v) is 13.9. The molecule has 0 spiro atoms. The molecule has 0 aliphatic carbocycles. The lowest BCUT2D eigenvalue weighted by atomic mass is 10.2. The molecule has 0 unspecified atom stereocenters. The standard InChI is InChI=1S/C17H24N2S.C12H18ClN3/c1-14(8-6-7-11-19(2)3)18-13-16-12-15-9-4-5-10-17(15)20-16;1-4-7-8-9-16(6-3)11-10(5-2)14-12(13)15-11/h4-5,9-10,12,18H,1,6-8,11,13H2,2-3H3;5-6H,2-4,7-9H2,1H3,(H,14,15). The quantitative estimate of drug-likeness (QED) is 0.196. The number of fused-ring (bicyclic) bond motifs is 1. The molecule has 3 rings (SSSR count). The SMILES string of the molecule is C=C(CCCCN(C)C)NCc1cc2ccccc2s1.C=Cc1[nH]c(Cl)nc1N(C=C)CCCCC. The van der Waals surface area contributed by atoms with E-state index in [2.05, 4.69) is 91.3 Å². The van der Waals surface area contributed by atoms with Gasteiger partial charge in [-0.15, -0.1) is 11.3 Å². The summed E-state index contributed by atoms with van der Waals surface area (Å²) in [6.07, 6.45) is 10.5. The van der Waals surface area contributed by atoms with Crippen molar-refractivity contribution in [3.8, 4) is 0 Å². The number of H-pyrrole nitrogens is 1. The Morgan fingerprint density at radius 3 is 2.56 bits per heavy atom. The van der Waals surface area contributed by atoms with Crippen molar-refractivity contribution in [1.82, 2.24) is 20.2 Å². The van der Waals surface area contributed by atoms with Gasteiger partial charge in [-0.2, -0.15) is 4.98 Å². The summed E-state index contributed by atoms with van der Waals surface area (Å²) in [7, 11) is 4.24. The molecule has 0 atom stereocenters. The van der Waals surface area contributed by atoms with Crippen LogP contribution in [0.3, 0.4) is 0 Å². The summed E-state index contributed by atoms with van der Waals surface area (Å²) < 4.78 is 1.36. The van der Waals surface area contributed by atoms with Crippen molar-refractivity contribution >= 4 is 44.9 Å². The maximum atomic E-state index is 5.83. The smallest absolute Gasteiger partial charge is 0.202 e. The van der Waals surface area contributed by atoms with Gasteiger partial charge in [0.1, 0.15) is 0 Å². The van der Waals surface area contributed by atoms with E-state index in [1.165, 1.54) is 40.6 Å². The van der Waals surface area contributed by atoms with Gasteiger partial charge in [-0.3, -0.25) is 0 Å². The predicted octanol–water partition coefficient (Wildman–Crippen LogP) is 8.08. The largest absolute Gasteiger partial charge is 0.384 e. The minimum atomic E-state index is 0.382. The minimum absolute atomic E-state index is 0.382. The van der Waals surface area contributed by atoms with E-state index in [9.17, 15) is 0 Å². The van der Waals surface area contributed by atoms with Crippen LogP contribution in [0.15, 0.2) is 62.0 Å². The number of unbranched alkanes of at least 4 members (excludes halogenated alkanes) is 3. The molecule has 0 aliphatic heterocycles. The number of halogens is 1. The van der Waals surface area contributed by atoms with Gasteiger partial charge in [0.05, 0.1) is 5.69 Å². The van der Waals surface area contributed by atoms with Crippen molar-refractivity contribution in [2.45, 2.75) is 52.0 Å². The molecule has 7 heteroatoms. The van der Waals surface area contributed by atoms with E-state index in [-0.39, 0.29) is 0 Å². The number of aromatic amines is 1. The van der Waals surface area contributed by atoms with Crippen LogP contribution in [-0.4, -0.2) is 42.1 Å². The Morgan fingerprint density at radius 1 is 1.14 bits per heavy atom. The molecule has 0 saturated heterocycles. The molecular weight excluding hydrogens is 486 g/mol. The Kier molecular flexibility index (Phi) is 13.4. The first-order chi connectivity index (χ1) is 17.4. The average molecular weight is 528 g/mol. The number of nitrogens with one attached hydrogen (secondary N) is 2. The molecule has 3 aromatic rings. The zero-order valence-corrected chi connectivity index (χ0v) is 23.7. The number of rotatable bonds is 15. The van der Waals surface area contributed by atoms with Gasteiger partial charge in [0.25, 0.3) is 0 Å². The number of thiophene rings is 1. The number of anilines is 1. The summed E-state index contributed by atoms with van der Waals surface area (Å²) in [5, 5.41) is 5.17. The Bertz CT molecular complexity index is 1050. The van der Waals surface area contributed by atoms with E-state index in [1.807, 2.05) is 16.2 Å². The number of allylic oxidation sites excluding steroid dienone is 1. The molecule has 2 N–H and O–H groups in total. The highest BCUT2D eigenvalue weighted by molar-refractivity contribution is 7.19. The first-order valence-electron chi connectivity index (χ1n) is 12.7. The second-order valence-electron chi connectivity index (χ2n) is 9.02. The van der Waals surface area contributed by atoms with Crippen molar-refractivity contribution < 1.29 is 0 Å². The summed E-state index contributed by atoms with van der Waals surface area (Å²) in [4.78, 5) is 12.8. The maximum absolute atomic E-state index is 5.83. The normalized spacial score (nSPS) is 10.7. The molecule has 36 heavy (non-hydrogen) atoms. The van der Waals surface area contributed by atoms with Crippen molar-refractivity contribution in [1.29, 1.82) is 0 Å². The maximum Gasteiger partial charge on any atom is 0.202 e. The highest BCUT2D eigenvalue weighted by Crippen LogP contribution is 2.25. The predicted molar refractivity (Wildman–Crippen MR) is 161 cm³/mol. The lowest BCUT2D eigenvalue weighted by Gasteiger charge is -2.17. The van der Waals surface area contributed by atoms with Crippen LogP contribution in [0.2, 0.25) is 5.28 Å². The van der Waals surface area contributed by atoms with Gasteiger partial charge in [-0.05, 0) is 87.7 Å². The topological polar surface area (TPSA) is 47.2 Å². The van der Waals surface area contributed by atoms with E-state index in [0.29, 0.717) is 5.28 Å². The Morgan fingerprint density at radius 2 is 1.89 bits per heavy atom. The van der Waals surface area contributed by atoms with Gasteiger partial charge >= 0.3 is 0 Å². The summed E-state index contributed by atoms with van der Waals surface area (Å²) in [6.45, 7) is 16.8. The fourth-order valence-electron chi connectivity index (χ4n) is 3.72. The van der Waals surface area contributed by atoms with Crippen LogP contribution in [0, 0.1) is 0 Å². The molecule has 2 heterocycles. The third-order valence-electron chi connectivity index (χ3n) is 5.70. The number of aromatic nitrogens is 2. The fraction of sp³-hybridized carbons (Fsp3) is 0.414. The highest BCUT2D eigenvalue weighted by Gasteiger charge is 2.11. The van der Waals surface area contributed by atoms with Crippen molar-refractivity contribution in [3.05, 3.63) is 77.8 Å². The van der Waals surface area contributed by atoms with Crippen LogP contribution in [0.4, 0.5) is 5.82 Å². The molecule has 0 radical (unpaired) electrons. The molecule has 5 nitrogen and oxygen atoms in total. The summed E-state index contributed by atoms with van der Waals surface area (Å²) in [5.41, 5.74) is 1.99. The second kappa shape index (κ2) is 16.3. The molecule has 1 aromatic carbocycles. The first kappa shape index (κ1) is 29.7. The molecular formula is C29H42ClN5S. The summed E-state index contributed by atoms with van der Waals surface area (Å²) >= 11 is 7.69. The summed E-state index contributed by atoms with van der Waals surface area (Å²) in [6, 6.07) is 10.8. The van der Waals surface area contributed by atoms with Crippen LogP contribution in [0.25, 0.3) is 16.2 Å². The van der Waals surface area contributed by atoms with Crippen LogP contribution in [0.1, 0.15) is 56.0 Å². The second-order valence-corrected chi connectivity index (χ2v) is 10.5. The van der Waals surface area contributed by atoms with Gasteiger partial charge in [0, 0.05) is 28.4 Å². The third kappa shape index (κ3) is 10.2. The van der Waals surface area contributed by atoms with Crippen molar-refractivity contribution in [3.63, 3.8) is 0 Å². The van der Waals surface area contributed by atoms with Gasteiger partial charge in [0.15, 0.2) is 5.82 Å². The Labute approximate surface area is 226 Å². The Balaban J connectivity index is 0.000000261. The molecule has 0 aliphatic rings. The number of imidazole rings is 1. The van der Waals surface area contributed by atoms with Gasteiger partial charge in [0.2, 0.25) is 5.28 Å². The van der Waals surface area contributed by atoms with Crippen LogP contribution < -0.4 is 10.2 Å². The molecule has 0 fully saturated rings. The minimum Gasteiger partial charge on any atom is -0.384 e. The zero-order valence-electron chi connectivity index (χ0n) is 22.2. The Hall–Kier alpha value is -2.54.